The van der Waals surface area contributed by atoms with E-state index in [-0.39, 0.29) is 24.1 Å². The van der Waals surface area contributed by atoms with Gasteiger partial charge >= 0.3 is 0 Å². The summed E-state index contributed by atoms with van der Waals surface area (Å²) in [4.78, 5) is 29.5. The number of hydrogen-bond donors (Lipinski definition) is 1. The number of carbonyl (C=O) groups excluding carboxylic acids is 2. The molecule has 1 aliphatic carbocycles. The number of imide groups is 1. The average Bonchev–Trinajstić information content (AvgIpc) is 2.55. The Bertz CT molecular complexity index is 468. The molecule has 2 aliphatic rings. The van der Waals surface area contributed by atoms with Crippen LogP contribution < -0.4 is 0 Å². The van der Waals surface area contributed by atoms with Crippen LogP contribution in [-0.2, 0) is 0 Å². The molecule has 0 aromatic carbocycles. The van der Waals surface area contributed by atoms with Gasteiger partial charge in [0.1, 0.15) is 5.69 Å². The number of carbonyl (C=O) groups is 2. The largest absolute Gasteiger partial charge is 0.394 e. The Kier molecular flexibility index (Phi) is 2.06. The van der Waals surface area contributed by atoms with Gasteiger partial charge in [0.2, 0.25) is 0 Å². The predicted molar refractivity (Wildman–Crippen MR) is 58.4 cm³/mol. The van der Waals surface area contributed by atoms with Gasteiger partial charge in [0, 0.05) is 6.20 Å². The van der Waals surface area contributed by atoms with E-state index in [2.05, 4.69) is 4.98 Å². The summed E-state index contributed by atoms with van der Waals surface area (Å²) in [5.74, 6) is -0.703. The van der Waals surface area contributed by atoms with Crippen molar-refractivity contribution in [2.75, 3.05) is 6.61 Å². The van der Waals surface area contributed by atoms with Gasteiger partial charge in [-0.15, -0.1) is 0 Å². The Hall–Kier alpha value is -1.75. The van der Waals surface area contributed by atoms with E-state index in [0.717, 1.165) is 6.42 Å². The van der Waals surface area contributed by atoms with Crippen LogP contribution in [0.3, 0.4) is 0 Å². The van der Waals surface area contributed by atoms with Crippen molar-refractivity contribution < 1.29 is 14.7 Å². The SMILES string of the molecule is O=C1c2cccnc2C(=O)N1C1(CO)CCC1. The van der Waals surface area contributed by atoms with Crippen LogP contribution in [0.1, 0.15) is 40.1 Å². The van der Waals surface area contributed by atoms with Crippen LogP contribution in [0.25, 0.3) is 0 Å². The van der Waals surface area contributed by atoms with Crippen molar-refractivity contribution in [2.45, 2.75) is 24.8 Å². The third-order valence-electron chi connectivity index (χ3n) is 3.70. The topological polar surface area (TPSA) is 70.5 Å². The lowest BCUT2D eigenvalue weighted by Crippen LogP contribution is -2.58. The van der Waals surface area contributed by atoms with E-state index in [4.69, 9.17) is 0 Å². The minimum atomic E-state index is -0.686. The average molecular weight is 232 g/mol. The van der Waals surface area contributed by atoms with Crippen LogP contribution in [0.2, 0.25) is 0 Å². The molecule has 5 nitrogen and oxygen atoms in total. The molecule has 5 heteroatoms. The Morgan fingerprint density at radius 2 is 2.12 bits per heavy atom. The summed E-state index contributed by atoms with van der Waals surface area (Å²) in [6.07, 6.45) is 3.78. The summed E-state index contributed by atoms with van der Waals surface area (Å²) in [6.45, 7) is -0.168. The first-order valence-electron chi connectivity index (χ1n) is 5.64. The molecule has 2 heterocycles. The first kappa shape index (κ1) is 10.4. The van der Waals surface area contributed by atoms with Crippen LogP contribution in [0, 0.1) is 0 Å². The molecule has 88 valence electrons. The fourth-order valence-corrected chi connectivity index (χ4v) is 2.54. The number of pyridine rings is 1. The number of fused-ring (bicyclic) bond motifs is 1. The second-order valence-electron chi connectivity index (χ2n) is 4.58. The summed E-state index contributed by atoms with van der Waals surface area (Å²) in [5, 5.41) is 9.44. The Labute approximate surface area is 98.1 Å². The van der Waals surface area contributed by atoms with Gasteiger partial charge in [-0.3, -0.25) is 19.5 Å². The minimum Gasteiger partial charge on any atom is -0.394 e. The summed E-state index contributed by atoms with van der Waals surface area (Å²) in [6, 6.07) is 3.24. The maximum Gasteiger partial charge on any atom is 0.280 e. The van der Waals surface area contributed by atoms with Gasteiger partial charge in [-0.05, 0) is 31.4 Å². The lowest BCUT2D eigenvalue weighted by Gasteiger charge is -2.45. The summed E-state index contributed by atoms with van der Waals surface area (Å²) in [7, 11) is 0. The zero-order valence-electron chi connectivity index (χ0n) is 9.22. The number of aromatic nitrogens is 1. The quantitative estimate of drug-likeness (QED) is 0.758. The van der Waals surface area contributed by atoms with Gasteiger partial charge in [-0.25, -0.2) is 0 Å². The molecule has 0 radical (unpaired) electrons. The van der Waals surface area contributed by atoms with E-state index in [9.17, 15) is 14.7 Å². The van der Waals surface area contributed by atoms with Crippen LogP contribution in [-0.4, -0.2) is 39.0 Å². The molecule has 1 aromatic rings. The number of nitrogens with zero attached hydrogens (tertiary/aromatic N) is 2. The van der Waals surface area contributed by atoms with E-state index < -0.39 is 5.54 Å². The van der Waals surface area contributed by atoms with Gasteiger partial charge in [0.15, 0.2) is 0 Å². The van der Waals surface area contributed by atoms with Crippen LogP contribution in [0.5, 0.6) is 0 Å². The van der Waals surface area contributed by atoms with E-state index in [1.54, 1.807) is 12.1 Å². The van der Waals surface area contributed by atoms with E-state index >= 15 is 0 Å². The van der Waals surface area contributed by atoms with Crippen molar-refractivity contribution >= 4 is 11.8 Å². The molecule has 1 N–H and O–H groups in total. The second kappa shape index (κ2) is 3.37. The molecule has 1 aliphatic heterocycles. The Morgan fingerprint density at radius 1 is 1.35 bits per heavy atom. The zero-order valence-corrected chi connectivity index (χ0v) is 9.22. The van der Waals surface area contributed by atoms with Crippen LogP contribution >= 0.6 is 0 Å². The lowest BCUT2D eigenvalue weighted by atomic mass is 9.76. The van der Waals surface area contributed by atoms with Gasteiger partial charge in [0.25, 0.3) is 11.8 Å². The van der Waals surface area contributed by atoms with Gasteiger partial charge in [-0.2, -0.15) is 0 Å². The van der Waals surface area contributed by atoms with Crippen molar-refractivity contribution in [3.05, 3.63) is 29.6 Å². The van der Waals surface area contributed by atoms with Crippen molar-refractivity contribution in [2.24, 2.45) is 0 Å². The molecule has 1 aromatic heterocycles. The standard InChI is InChI=1S/C12H12N2O3/c15-7-12(4-2-5-12)14-10(16)8-3-1-6-13-9(8)11(14)17/h1,3,6,15H,2,4-5,7H2. The molecule has 0 unspecified atom stereocenters. The molecule has 0 saturated heterocycles. The first-order chi connectivity index (χ1) is 8.19. The highest BCUT2D eigenvalue weighted by atomic mass is 16.3. The van der Waals surface area contributed by atoms with Crippen LogP contribution in [0.4, 0.5) is 0 Å². The highest BCUT2D eigenvalue weighted by molar-refractivity contribution is 6.20. The number of aliphatic hydroxyl groups is 1. The normalized spacial score (nSPS) is 21.4. The van der Waals surface area contributed by atoms with Gasteiger partial charge in [0.05, 0.1) is 17.7 Å². The molecule has 1 fully saturated rings. The maximum absolute atomic E-state index is 12.2. The molecule has 1 saturated carbocycles. The molecule has 0 spiro atoms. The monoisotopic (exact) mass is 232 g/mol. The molecular weight excluding hydrogens is 220 g/mol. The highest BCUT2D eigenvalue weighted by Crippen LogP contribution is 2.41. The third kappa shape index (κ3) is 1.20. The molecule has 0 bridgehead atoms. The predicted octanol–water partition coefficient (Wildman–Crippen LogP) is 0.593. The van der Waals surface area contributed by atoms with Crippen molar-refractivity contribution in [3.63, 3.8) is 0 Å². The Morgan fingerprint density at radius 3 is 2.65 bits per heavy atom. The number of hydrogen-bond acceptors (Lipinski definition) is 4. The van der Waals surface area contributed by atoms with E-state index in [1.807, 2.05) is 0 Å². The third-order valence-corrected chi connectivity index (χ3v) is 3.70. The smallest absolute Gasteiger partial charge is 0.280 e. The van der Waals surface area contributed by atoms with Crippen molar-refractivity contribution in [3.8, 4) is 0 Å². The second-order valence-corrected chi connectivity index (χ2v) is 4.58. The van der Waals surface area contributed by atoms with E-state index in [1.165, 1.54) is 11.1 Å². The Balaban J connectivity index is 2.06. The molecular formula is C12H12N2O3. The fraction of sp³-hybridized carbons (Fsp3) is 0.417. The molecule has 2 amide bonds. The molecule has 0 atom stereocenters. The summed E-state index contributed by atoms with van der Waals surface area (Å²) in [5.41, 5.74) is -0.135. The molecule has 17 heavy (non-hydrogen) atoms. The number of rotatable bonds is 2. The fourth-order valence-electron chi connectivity index (χ4n) is 2.54. The summed E-state index contributed by atoms with van der Waals surface area (Å²) < 4.78 is 0. The minimum absolute atomic E-state index is 0.168. The number of amides is 2. The lowest BCUT2D eigenvalue weighted by molar-refractivity contribution is -0.00658. The van der Waals surface area contributed by atoms with Crippen molar-refractivity contribution in [1.29, 1.82) is 0 Å². The molecule has 3 rings (SSSR count). The summed E-state index contributed by atoms with van der Waals surface area (Å²) >= 11 is 0. The number of aliphatic hydroxyl groups excluding tert-OH is 1. The highest BCUT2D eigenvalue weighted by Gasteiger charge is 2.52. The van der Waals surface area contributed by atoms with E-state index in [0.29, 0.717) is 18.4 Å². The van der Waals surface area contributed by atoms with Gasteiger partial charge in [-0.1, -0.05) is 0 Å². The van der Waals surface area contributed by atoms with Crippen LogP contribution in [0.15, 0.2) is 18.3 Å². The zero-order chi connectivity index (χ0) is 12.0. The maximum atomic E-state index is 12.2. The van der Waals surface area contributed by atoms with Gasteiger partial charge < -0.3 is 5.11 Å². The van der Waals surface area contributed by atoms with Crippen molar-refractivity contribution in [1.82, 2.24) is 9.88 Å². The first-order valence-corrected chi connectivity index (χ1v) is 5.64.